The summed E-state index contributed by atoms with van der Waals surface area (Å²) in [6.45, 7) is 2.38. The molecule has 0 aliphatic carbocycles. The zero-order chi connectivity index (χ0) is 13.3. The van der Waals surface area contributed by atoms with E-state index in [1.54, 1.807) is 35.3 Å². The summed E-state index contributed by atoms with van der Waals surface area (Å²) in [7, 11) is 1.74. The molecule has 0 radical (unpaired) electrons. The number of rotatable bonds is 2. The van der Waals surface area contributed by atoms with Gasteiger partial charge in [0.2, 0.25) is 0 Å². The zero-order valence-electron chi connectivity index (χ0n) is 10.3. The number of carboxylic acids is 1. The topological polar surface area (TPSA) is 82.2 Å². The molecular weight excluding hydrogens is 252 g/mol. The number of anilines is 1. The molecule has 1 fully saturated rings. The van der Waals surface area contributed by atoms with Gasteiger partial charge in [0.1, 0.15) is 23.5 Å². The van der Waals surface area contributed by atoms with Crippen LogP contribution < -0.4 is 4.90 Å². The van der Waals surface area contributed by atoms with Gasteiger partial charge in [-0.15, -0.1) is 0 Å². The van der Waals surface area contributed by atoms with E-state index in [-0.39, 0.29) is 0 Å². The second-order valence-electron chi connectivity index (χ2n) is 4.14. The Morgan fingerprint density at radius 2 is 2.39 bits per heavy atom. The standard InChI is InChI=1S/C11H14N4O2S/c1-7-8(5-12)10(14(2)13-7)15-3-4-18-6-9(15)11(16)17/h9H,3-4,6H2,1-2H3,(H,16,17). The Hall–Kier alpha value is -1.68. The average Bonchev–Trinajstić information content (AvgIpc) is 2.63. The van der Waals surface area contributed by atoms with Crippen LogP contribution in [0.25, 0.3) is 0 Å². The van der Waals surface area contributed by atoms with Crippen molar-refractivity contribution < 1.29 is 9.90 Å². The number of aliphatic carboxylic acids is 1. The van der Waals surface area contributed by atoms with E-state index in [0.717, 1.165) is 5.75 Å². The molecule has 1 aromatic heterocycles. The fraction of sp³-hybridized carbons (Fsp3) is 0.545. The molecule has 1 atom stereocenters. The van der Waals surface area contributed by atoms with Crippen molar-refractivity contribution in [1.29, 1.82) is 5.26 Å². The smallest absolute Gasteiger partial charge is 0.327 e. The predicted molar refractivity (Wildman–Crippen MR) is 68.8 cm³/mol. The number of aromatic nitrogens is 2. The van der Waals surface area contributed by atoms with Crippen molar-refractivity contribution in [1.82, 2.24) is 9.78 Å². The highest BCUT2D eigenvalue weighted by atomic mass is 32.2. The first-order valence-electron chi connectivity index (χ1n) is 5.57. The van der Waals surface area contributed by atoms with Crippen LogP contribution in [-0.4, -0.2) is 44.9 Å². The number of carboxylic acid groups (broad SMARTS) is 1. The Kier molecular flexibility index (Phi) is 3.48. The fourth-order valence-corrected chi connectivity index (χ4v) is 3.21. The van der Waals surface area contributed by atoms with Gasteiger partial charge in [-0.3, -0.25) is 4.68 Å². The molecule has 1 N–H and O–H groups in total. The molecule has 0 amide bonds. The van der Waals surface area contributed by atoms with Crippen molar-refractivity contribution in [2.75, 3.05) is 23.0 Å². The Labute approximate surface area is 109 Å². The minimum atomic E-state index is -0.857. The lowest BCUT2D eigenvalue weighted by atomic mass is 10.2. The Balaban J connectivity index is 2.46. The molecular formula is C11H14N4O2S. The molecule has 2 heterocycles. The van der Waals surface area contributed by atoms with Crippen LogP contribution in [0.2, 0.25) is 0 Å². The van der Waals surface area contributed by atoms with Gasteiger partial charge >= 0.3 is 5.97 Å². The number of carbonyl (C=O) groups is 1. The number of aryl methyl sites for hydroxylation is 2. The summed E-state index contributed by atoms with van der Waals surface area (Å²) in [5.74, 6) is 1.15. The highest BCUT2D eigenvalue weighted by Crippen LogP contribution is 2.28. The van der Waals surface area contributed by atoms with Crippen molar-refractivity contribution in [3.63, 3.8) is 0 Å². The van der Waals surface area contributed by atoms with Gasteiger partial charge in [0.05, 0.1) is 5.69 Å². The molecule has 0 saturated carbocycles. The molecule has 6 nitrogen and oxygen atoms in total. The van der Waals surface area contributed by atoms with Crippen LogP contribution in [0.5, 0.6) is 0 Å². The molecule has 1 aliphatic heterocycles. The van der Waals surface area contributed by atoms with E-state index in [0.29, 0.717) is 29.4 Å². The molecule has 96 valence electrons. The number of nitriles is 1. The number of thioether (sulfide) groups is 1. The summed E-state index contributed by atoms with van der Waals surface area (Å²) in [6, 6.07) is 1.52. The monoisotopic (exact) mass is 266 g/mol. The minimum Gasteiger partial charge on any atom is -0.480 e. The van der Waals surface area contributed by atoms with Gasteiger partial charge in [0.15, 0.2) is 0 Å². The molecule has 0 aromatic carbocycles. The minimum absolute atomic E-state index is 0.468. The van der Waals surface area contributed by atoms with E-state index in [1.165, 1.54) is 0 Å². The number of hydrogen-bond acceptors (Lipinski definition) is 5. The van der Waals surface area contributed by atoms with Crippen LogP contribution in [0.3, 0.4) is 0 Å². The van der Waals surface area contributed by atoms with Crippen LogP contribution in [0, 0.1) is 18.3 Å². The van der Waals surface area contributed by atoms with E-state index >= 15 is 0 Å². The van der Waals surface area contributed by atoms with Crippen LogP contribution >= 0.6 is 11.8 Å². The Bertz CT molecular complexity index is 520. The molecule has 1 unspecified atom stereocenters. The molecule has 2 rings (SSSR count). The van der Waals surface area contributed by atoms with Crippen LogP contribution in [-0.2, 0) is 11.8 Å². The largest absolute Gasteiger partial charge is 0.480 e. The highest BCUT2D eigenvalue weighted by molar-refractivity contribution is 7.99. The van der Waals surface area contributed by atoms with Gasteiger partial charge in [0, 0.05) is 25.1 Å². The van der Waals surface area contributed by atoms with Crippen molar-refractivity contribution in [2.24, 2.45) is 7.05 Å². The average molecular weight is 266 g/mol. The first kappa shape index (κ1) is 12.8. The third-order valence-electron chi connectivity index (χ3n) is 2.99. The van der Waals surface area contributed by atoms with E-state index in [1.807, 2.05) is 0 Å². The second-order valence-corrected chi connectivity index (χ2v) is 5.29. The molecule has 1 aromatic rings. The van der Waals surface area contributed by atoms with Crippen molar-refractivity contribution >= 4 is 23.5 Å². The van der Waals surface area contributed by atoms with E-state index < -0.39 is 12.0 Å². The van der Waals surface area contributed by atoms with E-state index in [4.69, 9.17) is 0 Å². The van der Waals surface area contributed by atoms with Crippen LogP contribution in [0.4, 0.5) is 5.82 Å². The van der Waals surface area contributed by atoms with Crippen molar-refractivity contribution in [2.45, 2.75) is 13.0 Å². The number of hydrogen-bond donors (Lipinski definition) is 1. The summed E-state index contributed by atoms with van der Waals surface area (Å²) in [6.07, 6.45) is 0. The SMILES string of the molecule is Cc1nn(C)c(N2CCSCC2C(=O)O)c1C#N. The first-order chi connectivity index (χ1) is 8.56. The van der Waals surface area contributed by atoms with Gasteiger partial charge in [-0.1, -0.05) is 0 Å². The van der Waals surface area contributed by atoms with Crippen LogP contribution in [0.1, 0.15) is 11.3 Å². The van der Waals surface area contributed by atoms with Gasteiger partial charge in [0.25, 0.3) is 0 Å². The third kappa shape index (κ3) is 2.04. The summed E-state index contributed by atoms with van der Waals surface area (Å²) in [5.41, 5.74) is 1.10. The summed E-state index contributed by atoms with van der Waals surface area (Å²) in [4.78, 5) is 13.1. The molecule has 0 spiro atoms. The lowest BCUT2D eigenvalue weighted by Crippen LogP contribution is -2.48. The zero-order valence-corrected chi connectivity index (χ0v) is 11.1. The second kappa shape index (κ2) is 4.90. The number of nitrogens with zero attached hydrogens (tertiary/aromatic N) is 4. The summed E-state index contributed by atoms with van der Waals surface area (Å²) >= 11 is 1.62. The maximum absolute atomic E-state index is 11.3. The molecule has 18 heavy (non-hydrogen) atoms. The van der Waals surface area contributed by atoms with Gasteiger partial charge in [-0.05, 0) is 6.92 Å². The molecule has 1 saturated heterocycles. The van der Waals surface area contributed by atoms with E-state index in [2.05, 4.69) is 11.2 Å². The Morgan fingerprint density at radius 3 is 3.00 bits per heavy atom. The lowest BCUT2D eigenvalue weighted by Gasteiger charge is -2.34. The lowest BCUT2D eigenvalue weighted by molar-refractivity contribution is -0.138. The highest BCUT2D eigenvalue weighted by Gasteiger charge is 2.33. The summed E-state index contributed by atoms with van der Waals surface area (Å²) < 4.78 is 1.60. The third-order valence-corrected chi connectivity index (χ3v) is 4.01. The molecule has 7 heteroatoms. The molecule has 0 bridgehead atoms. The van der Waals surface area contributed by atoms with Crippen LogP contribution in [0.15, 0.2) is 0 Å². The summed E-state index contributed by atoms with van der Waals surface area (Å²) in [5, 5.41) is 22.7. The molecule has 1 aliphatic rings. The van der Waals surface area contributed by atoms with E-state index in [9.17, 15) is 15.2 Å². The van der Waals surface area contributed by atoms with Crippen molar-refractivity contribution in [3.05, 3.63) is 11.3 Å². The predicted octanol–water partition coefficient (Wildman–Crippen LogP) is 0.607. The Morgan fingerprint density at radius 1 is 1.67 bits per heavy atom. The normalized spacial score (nSPS) is 19.6. The fourth-order valence-electron chi connectivity index (χ4n) is 2.17. The van der Waals surface area contributed by atoms with Crippen molar-refractivity contribution in [3.8, 4) is 6.07 Å². The maximum Gasteiger partial charge on any atom is 0.327 e. The first-order valence-corrected chi connectivity index (χ1v) is 6.72. The maximum atomic E-state index is 11.3. The van der Waals surface area contributed by atoms with Gasteiger partial charge in [-0.2, -0.15) is 22.1 Å². The van der Waals surface area contributed by atoms with Gasteiger partial charge in [-0.25, -0.2) is 4.79 Å². The quantitative estimate of drug-likeness (QED) is 0.844. The van der Waals surface area contributed by atoms with Gasteiger partial charge < -0.3 is 10.0 Å².